The summed E-state index contributed by atoms with van der Waals surface area (Å²) in [6.07, 6.45) is 1.01. The summed E-state index contributed by atoms with van der Waals surface area (Å²) in [4.78, 5) is 0. The second-order valence-corrected chi connectivity index (χ2v) is 5.62. The fraction of sp³-hybridized carbons (Fsp3) is 0.333. The van der Waals surface area contributed by atoms with Gasteiger partial charge in [0.25, 0.3) is 0 Å². The number of hydrogen-bond acceptors (Lipinski definition) is 1. The van der Waals surface area contributed by atoms with E-state index in [9.17, 15) is 0 Å². The highest BCUT2D eigenvalue weighted by Crippen LogP contribution is 2.27. The van der Waals surface area contributed by atoms with Crippen molar-refractivity contribution >= 4 is 11.6 Å². The minimum absolute atomic E-state index is 0.409. The van der Waals surface area contributed by atoms with Crippen LogP contribution in [0.3, 0.4) is 0 Å². The summed E-state index contributed by atoms with van der Waals surface area (Å²) in [5.41, 5.74) is 3.89. The number of hydrogen-bond donors (Lipinski definition) is 1. The molecule has 0 aliphatic carbocycles. The van der Waals surface area contributed by atoms with E-state index in [-0.39, 0.29) is 0 Å². The molecule has 106 valence electrons. The Morgan fingerprint density at radius 1 is 1.05 bits per heavy atom. The molecule has 0 saturated carbocycles. The van der Waals surface area contributed by atoms with E-state index in [1.165, 1.54) is 16.7 Å². The SMILES string of the molecule is CCNCC(Cc1ccc(C)cc1)c1ccccc1Cl. The lowest BCUT2D eigenvalue weighted by atomic mass is 9.91. The molecular weight excluding hydrogens is 266 g/mol. The van der Waals surface area contributed by atoms with Crippen LogP contribution in [-0.4, -0.2) is 13.1 Å². The van der Waals surface area contributed by atoms with Gasteiger partial charge in [-0.05, 0) is 37.1 Å². The van der Waals surface area contributed by atoms with Crippen LogP contribution in [0, 0.1) is 6.92 Å². The van der Waals surface area contributed by atoms with Crippen molar-refractivity contribution in [2.45, 2.75) is 26.2 Å². The zero-order chi connectivity index (χ0) is 14.4. The third-order valence-electron chi connectivity index (χ3n) is 3.59. The molecular formula is C18H22ClN. The van der Waals surface area contributed by atoms with E-state index in [1.807, 2.05) is 12.1 Å². The minimum atomic E-state index is 0.409. The van der Waals surface area contributed by atoms with Crippen molar-refractivity contribution in [2.24, 2.45) is 0 Å². The van der Waals surface area contributed by atoms with E-state index < -0.39 is 0 Å². The van der Waals surface area contributed by atoms with Crippen molar-refractivity contribution in [1.29, 1.82) is 0 Å². The van der Waals surface area contributed by atoms with Gasteiger partial charge in [-0.2, -0.15) is 0 Å². The average Bonchev–Trinajstić information content (AvgIpc) is 2.46. The van der Waals surface area contributed by atoms with Gasteiger partial charge in [0.15, 0.2) is 0 Å². The summed E-state index contributed by atoms with van der Waals surface area (Å²) in [5, 5.41) is 4.31. The molecule has 0 fully saturated rings. The van der Waals surface area contributed by atoms with Gasteiger partial charge in [-0.25, -0.2) is 0 Å². The Hall–Kier alpha value is -1.31. The Morgan fingerprint density at radius 2 is 1.75 bits per heavy atom. The van der Waals surface area contributed by atoms with Crippen molar-refractivity contribution in [3.05, 3.63) is 70.2 Å². The molecule has 20 heavy (non-hydrogen) atoms. The lowest BCUT2D eigenvalue weighted by Crippen LogP contribution is -2.23. The van der Waals surface area contributed by atoms with Gasteiger partial charge >= 0.3 is 0 Å². The van der Waals surface area contributed by atoms with Crippen LogP contribution in [0.2, 0.25) is 5.02 Å². The van der Waals surface area contributed by atoms with Gasteiger partial charge in [-0.15, -0.1) is 0 Å². The first kappa shape index (κ1) is 15.1. The molecule has 2 heteroatoms. The molecule has 1 N–H and O–H groups in total. The largest absolute Gasteiger partial charge is 0.316 e. The van der Waals surface area contributed by atoms with Crippen molar-refractivity contribution in [3.63, 3.8) is 0 Å². The van der Waals surface area contributed by atoms with Crippen LogP contribution in [-0.2, 0) is 6.42 Å². The molecule has 2 rings (SSSR count). The number of likely N-dealkylation sites (N-methyl/N-ethyl adjacent to an activating group) is 1. The molecule has 0 amide bonds. The van der Waals surface area contributed by atoms with Crippen molar-refractivity contribution in [2.75, 3.05) is 13.1 Å². The molecule has 1 nitrogen and oxygen atoms in total. The van der Waals surface area contributed by atoms with Crippen molar-refractivity contribution in [1.82, 2.24) is 5.32 Å². The Morgan fingerprint density at radius 3 is 2.40 bits per heavy atom. The summed E-state index contributed by atoms with van der Waals surface area (Å²) >= 11 is 6.36. The Bertz CT molecular complexity index is 533. The van der Waals surface area contributed by atoms with Crippen LogP contribution in [0.1, 0.15) is 29.5 Å². The van der Waals surface area contributed by atoms with Crippen LogP contribution in [0.15, 0.2) is 48.5 Å². The predicted molar refractivity (Wildman–Crippen MR) is 87.6 cm³/mol. The van der Waals surface area contributed by atoms with Gasteiger partial charge < -0.3 is 5.32 Å². The molecule has 0 bridgehead atoms. The number of rotatable bonds is 6. The molecule has 2 aromatic rings. The smallest absolute Gasteiger partial charge is 0.0441 e. The molecule has 0 aromatic heterocycles. The second-order valence-electron chi connectivity index (χ2n) is 5.22. The summed E-state index contributed by atoms with van der Waals surface area (Å²) < 4.78 is 0. The molecule has 0 heterocycles. The Labute approximate surface area is 127 Å². The molecule has 2 aromatic carbocycles. The maximum absolute atomic E-state index is 6.36. The average molecular weight is 288 g/mol. The summed E-state index contributed by atoms with van der Waals surface area (Å²) in [6.45, 7) is 6.19. The molecule has 0 aliphatic heterocycles. The monoisotopic (exact) mass is 287 g/mol. The van der Waals surface area contributed by atoms with Gasteiger partial charge in [0.1, 0.15) is 0 Å². The van der Waals surface area contributed by atoms with Crippen LogP contribution in [0.5, 0.6) is 0 Å². The maximum atomic E-state index is 6.36. The minimum Gasteiger partial charge on any atom is -0.316 e. The lowest BCUT2D eigenvalue weighted by molar-refractivity contribution is 0.595. The fourth-order valence-corrected chi connectivity index (χ4v) is 2.72. The summed E-state index contributed by atoms with van der Waals surface area (Å²) in [7, 11) is 0. The van der Waals surface area contributed by atoms with Crippen LogP contribution in [0.25, 0.3) is 0 Å². The number of halogens is 1. The molecule has 0 spiro atoms. The highest BCUT2D eigenvalue weighted by Gasteiger charge is 2.14. The highest BCUT2D eigenvalue weighted by atomic mass is 35.5. The quantitative estimate of drug-likeness (QED) is 0.820. The van der Waals surface area contributed by atoms with Gasteiger partial charge in [0.05, 0.1) is 0 Å². The van der Waals surface area contributed by atoms with E-state index >= 15 is 0 Å². The van der Waals surface area contributed by atoms with E-state index in [0.717, 1.165) is 24.5 Å². The lowest BCUT2D eigenvalue weighted by Gasteiger charge is -2.19. The molecule has 1 unspecified atom stereocenters. The zero-order valence-electron chi connectivity index (χ0n) is 12.2. The topological polar surface area (TPSA) is 12.0 Å². The predicted octanol–water partition coefficient (Wildman–Crippen LogP) is 4.58. The second kappa shape index (κ2) is 7.47. The normalized spacial score (nSPS) is 12.3. The van der Waals surface area contributed by atoms with E-state index in [0.29, 0.717) is 5.92 Å². The fourth-order valence-electron chi connectivity index (χ4n) is 2.43. The third kappa shape index (κ3) is 4.09. The first-order valence-corrected chi connectivity index (χ1v) is 7.59. The molecule has 0 aliphatic rings. The van der Waals surface area contributed by atoms with Gasteiger partial charge in [0.2, 0.25) is 0 Å². The van der Waals surface area contributed by atoms with Gasteiger partial charge in [0, 0.05) is 17.5 Å². The van der Waals surface area contributed by atoms with Crippen molar-refractivity contribution < 1.29 is 0 Å². The van der Waals surface area contributed by atoms with Gasteiger partial charge in [-0.1, -0.05) is 66.6 Å². The van der Waals surface area contributed by atoms with Crippen LogP contribution < -0.4 is 5.32 Å². The summed E-state index contributed by atoms with van der Waals surface area (Å²) in [5.74, 6) is 0.409. The van der Waals surface area contributed by atoms with Crippen LogP contribution >= 0.6 is 11.6 Å². The Balaban J connectivity index is 2.19. The van der Waals surface area contributed by atoms with E-state index in [1.54, 1.807) is 0 Å². The Kier molecular flexibility index (Phi) is 5.63. The molecule has 1 atom stereocenters. The first-order valence-electron chi connectivity index (χ1n) is 7.21. The van der Waals surface area contributed by atoms with Gasteiger partial charge in [-0.3, -0.25) is 0 Å². The highest BCUT2D eigenvalue weighted by molar-refractivity contribution is 6.31. The summed E-state index contributed by atoms with van der Waals surface area (Å²) in [6, 6.07) is 16.9. The number of benzene rings is 2. The van der Waals surface area contributed by atoms with E-state index in [4.69, 9.17) is 11.6 Å². The first-order chi connectivity index (χ1) is 9.70. The third-order valence-corrected chi connectivity index (χ3v) is 3.93. The number of aryl methyl sites for hydroxylation is 1. The standard InChI is InChI=1S/C18H22ClN/c1-3-20-13-16(17-6-4-5-7-18(17)19)12-15-10-8-14(2)9-11-15/h4-11,16,20H,3,12-13H2,1-2H3. The maximum Gasteiger partial charge on any atom is 0.0441 e. The van der Waals surface area contributed by atoms with Crippen LogP contribution in [0.4, 0.5) is 0 Å². The van der Waals surface area contributed by atoms with Crippen molar-refractivity contribution in [3.8, 4) is 0 Å². The molecule has 0 saturated heterocycles. The zero-order valence-corrected chi connectivity index (χ0v) is 13.0. The number of nitrogens with one attached hydrogen (secondary N) is 1. The molecule has 0 radical (unpaired) electrons. The van der Waals surface area contributed by atoms with E-state index in [2.05, 4.69) is 55.6 Å².